The van der Waals surface area contributed by atoms with Crippen molar-refractivity contribution in [3.05, 3.63) is 108 Å². The molecule has 0 aliphatic rings. The Bertz CT molecular complexity index is 1630. The molecule has 0 N–H and O–H groups in total. The molecule has 0 bridgehead atoms. The zero-order valence-corrected chi connectivity index (χ0v) is 27.1. The third-order valence-corrected chi connectivity index (χ3v) is 8.42. The highest BCUT2D eigenvalue weighted by molar-refractivity contribution is 7.99. The van der Waals surface area contributed by atoms with Gasteiger partial charge in [-0.2, -0.15) is 10.5 Å². The van der Waals surface area contributed by atoms with Crippen molar-refractivity contribution in [3.63, 3.8) is 0 Å². The molecule has 0 saturated carbocycles. The lowest BCUT2D eigenvalue weighted by atomic mass is 10.0. The molecule has 0 fully saturated rings. The Morgan fingerprint density at radius 1 is 0.844 bits per heavy atom. The van der Waals surface area contributed by atoms with Gasteiger partial charge in [0.1, 0.15) is 11.6 Å². The van der Waals surface area contributed by atoms with E-state index in [0.717, 1.165) is 41.7 Å². The number of unbranched alkanes of at least 4 members (excludes halogenated alkanes) is 1. The largest absolute Gasteiger partial charge is 0.465 e. The Morgan fingerprint density at radius 2 is 1.40 bits per heavy atom. The van der Waals surface area contributed by atoms with Crippen molar-refractivity contribution in [1.82, 2.24) is 0 Å². The summed E-state index contributed by atoms with van der Waals surface area (Å²) < 4.78 is 33.5. The maximum atomic E-state index is 14.5. The molecule has 4 aromatic carbocycles. The first kappa shape index (κ1) is 35.4. The molecule has 0 saturated heterocycles. The van der Waals surface area contributed by atoms with Crippen molar-refractivity contribution in [1.29, 1.82) is 10.5 Å². The van der Waals surface area contributed by atoms with Gasteiger partial charge in [-0.15, -0.1) is 24.4 Å². The van der Waals surface area contributed by atoms with Crippen molar-refractivity contribution < 1.29 is 18.3 Å². The topological polar surface area (TPSA) is 73.9 Å². The third-order valence-electron chi connectivity index (χ3n) is 7.14. The SMILES string of the molecule is CCCCC(CC)COC(=O)CCSc1ccc(-c2ccc(C#N)cc2)c(F)c1.N#Cc1ccc(-c2ccc(S)cc2F)cc1. The zero-order valence-electron chi connectivity index (χ0n) is 25.4. The van der Waals surface area contributed by atoms with E-state index >= 15 is 0 Å². The number of ether oxygens (including phenoxy) is 1. The van der Waals surface area contributed by atoms with Gasteiger partial charge in [-0.3, -0.25) is 4.79 Å². The second kappa shape index (κ2) is 18.6. The van der Waals surface area contributed by atoms with Gasteiger partial charge in [0.05, 0.1) is 36.3 Å². The monoisotopic (exact) mass is 642 g/mol. The number of thiol groups is 1. The van der Waals surface area contributed by atoms with Gasteiger partial charge in [-0.1, -0.05) is 69.5 Å². The van der Waals surface area contributed by atoms with Crippen LogP contribution in [-0.4, -0.2) is 18.3 Å². The highest BCUT2D eigenvalue weighted by Crippen LogP contribution is 2.28. The van der Waals surface area contributed by atoms with Crippen LogP contribution in [0.4, 0.5) is 8.78 Å². The Morgan fingerprint density at radius 3 is 1.89 bits per heavy atom. The molecule has 1 unspecified atom stereocenters. The summed E-state index contributed by atoms with van der Waals surface area (Å²) in [5.74, 6) is 0.180. The number of benzene rings is 4. The van der Waals surface area contributed by atoms with Gasteiger partial charge in [-0.25, -0.2) is 8.78 Å². The minimum absolute atomic E-state index is 0.192. The van der Waals surface area contributed by atoms with Crippen LogP contribution in [0.3, 0.4) is 0 Å². The number of rotatable bonds is 12. The van der Waals surface area contributed by atoms with Crippen LogP contribution in [0.5, 0.6) is 0 Å². The summed E-state index contributed by atoms with van der Waals surface area (Å²) in [6.07, 6.45) is 4.75. The zero-order chi connectivity index (χ0) is 32.6. The van der Waals surface area contributed by atoms with Gasteiger partial charge in [0.15, 0.2) is 0 Å². The van der Waals surface area contributed by atoms with Crippen LogP contribution < -0.4 is 0 Å². The predicted octanol–water partition coefficient (Wildman–Crippen LogP) is 10.3. The first-order chi connectivity index (χ1) is 21.8. The van der Waals surface area contributed by atoms with Crippen LogP contribution in [0.2, 0.25) is 0 Å². The Kier molecular flexibility index (Phi) is 14.7. The van der Waals surface area contributed by atoms with Crippen LogP contribution >= 0.6 is 24.4 Å². The first-order valence-corrected chi connectivity index (χ1v) is 16.3. The molecule has 0 aliphatic carbocycles. The molecule has 4 aromatic rings. The van der Waals surface area contributed by atoms with E-state index in [2.05, 4.69) is 32.5 Å². The Labute approximate surface area is 274 Å². The van der Waals surface area contributed by atoms with Crippen LogP contribution in [0.1, 0.15) is 57.1 Å². The normalized spacial score (nSPS) is 11.0. The predicted molar refractivity (Wildman–Crippen MR) is 180 cm³/mol. The highest BCUT2D eigenvalue weighted by atomic mass is 32.2. The Hall–Kier alpha value is -4.11. The van der Waals surface area contributed by atoms with E-state index in [9.17, 15) is 13.6 Å². The quantitative estimate of drug-likeness (QED) is 0.0946. The van der Waals surface area contributed by atoms with Crippen LogP contribution in [0, 0.1) is 40.2 Å². The number of carbonyl (C=O) groups excluding carboxylic acids is 1. The fourth-order valence-corrected chi connectivity index (χ4v) is 5.48. The summed E-state index contributed by atoms with van der Waals surface area (Å²) >= 11 is 5.51. The van der Waals surface area contributed by atoms with Gasteiger partial charge in [0.25, 0.3) is 0 Å². The van der Waals surface area contributed by atoms with Crippen molar-refractivity contribution in [2.45, 2.75) is 55.7 Å². The summed E-state index contributed by atoms with van der Waals surface area (Å²) in [4.78, 5) is 13.3. The molecule has 232 valence electrons. The second-order valence-electron chi connectivity index (χ2n) is 10.4. The summed E-state index contributed by atoms with van der Waals surface area (Å²) in [6, 6.07) is 27.6. The number of esters is 1. The number of nitrogens with zero attached hydrogens (tertiary/aromatic N) is 2. The fourth-order valence-electron chi connectivity index (χ4n) is 4.44. The van der Waals surface area contributed by atoms with Crippen LogP contribution in [0.15, 0.2) is 94.7 Å². The van der Waals surface area contributed by atoms with E-state index in [1.807, 2.05) is 12.1 Å². The van der Waals surface area contributed by atoms with Gasteiger partial charge >= 0.3 is 5.97 Å². The molecule has 0 heterocycles. The number of carbonyl (C=O) groups is 1. The molecular formula is C37H36F2N2O2S2. The number of halogens is 2. The molecule has 45 heavy (non-hydrogen) atoms. The molecule has 0 amide bonds. The van der Waals surface area contributed by atoms with Crippen molar-refractivity contribution in [2.24, 2.45) is 5.92 Å². The van der Waals surface area contributed by atoms with E-state index in [1.165, 1.54) is 23.9 Å². The van der Waals surface area contributed by atoms with E-state index in [1.54, 1.807) is 66.7 Å². The molecule has 1 atom stereocenters. The summed E-state index contributed by atoms with van der Waals surface area (Å²) in [5.41, 5.74) is 3.61. The molecule has 4 rings (SSSR count). The third kappa shape index (κ3) is 11.4. The molecule has 4 nitrogen and oxygen atoms in total. The van der Waals surface area contributed by atoms with E-state index in [-0.39, 0.29) is 17.6 Å². The standard InChI is InChI=1S/C24H28FNO2S.C13H8FNS/c1-3-5-6-18(4-2)17-28-24(27)13-14-29-21-11-12-22(23(25)15-21)20-9-7-19(16-26)8-10-20;14-13-7-11(16)5-6-12(13)10-3-1-9(8-15)2-4-10/h7-12,15,18H,3-6,13-14,17H2,1-2H3;1-7,16H. The lowest BCUT2D eigenvalue weighted by Crippen LogP contribution is -2.14. The number of thioether (sulfide) groups is 1. The average molecular weight is 643 g/mol. The van der Waals surface area contributed by atoms with Gasteiger partial charge < -0.3 is 4.74 Å². The molecule has 0 radical (unpaired) electrons. The van der Waals surface area contributed by atoms with Gasteiger partial charge in [0.2, 0.25) is 0 Å². The lowest BCUT2D eigenvalue weighted by Gasteiger charge is -2.14. The fraction of sp³-hybridized carbons (Fsp3) is 0.270. The van der Waals surface area contributed by atoms with Gasteiger partial charge in [0, 0.05) is 26.7 Å². The number of hydrogen-bond acceptors (Lipinski definition) is 6. The van der Waals surface area contributed by atoms with Crippen molar-refractivity contribution in [3.8, 4) is 34.4 Å². The van der Waals surface area contributed by atoms with Crippen molar-refractivity contribution in [2.75, 3.05) is 12.4 Å². The van der Waals surface area contributed by atoms with E-state index in [0.29, 0.717) is 51.8 Å². The summed E-state index contributed by atoms with van der Waals surface area (Å²) in [7, 11) is 0. The number of nitriles is 2. The van der Waals surface area contributed by atoms with Crippen molar-refractivity contribution >= 4 is 30.4 Å². The lowest BCUT2D eigenvalue weighted by molar-refractivity contribution is -0.144. The highest BCUT2D eigenvalue weighted by Gasteiger charge is 2.11. The van der Waals surface area contributed by atoms with Crippen LogP contribution in [-0.2, 0) is 9.53 Å². The molecule has 0 aromatic heterocycles. The maximum Gasteiger partial charge on any atom is 0.306 e. The second-order valence-corrected chi connectivity index (χ2v) is 12.1. The molecular weight excluding hydrogens is 607 g/mol. The van der Waals surface area contributed by atoms with E-state index < -0.39 is 0 Å². The van der Waals surface area contributed by atoms with E-state index in [4.69, 9.17) is 15.3 Å². The average Bonchev–Trinajstić information content (AvgIpc) is 3.05. The smallest absolute Gasteiger partial charge is 0.306 e. The van der Waals surface area contributed by atoms with Gasteiger partial charge in [-0.05, 0) is 72.0 Å². The molecule has 8 heteroatoms. The number of hydrogen-bond donors (Lipinski definition) is 1. The summed E-state index contributed by atoms with van der Waals surface area (Å²) in [5, 5.41) is 17.5. The van der Waals surface area contributed by atoms with Crippen LogP contribution in [0.25, 0.3) is 22.3 Å². The molecule has 0 spiro atoms. The minimum atomic E-state index is -0.316. The minimum Gasteiger partial charge on any atom is -0.465 e. The first-order valence-electron chi connectivity index (χ1n) is 14.8. The maximum absolute atomic E-state index is 14.5. The Balaban J connectivity index is 0.000000289. The summed E-state index contributed by atoms with van der Waals surface area (Å²) in [6.45, 7) is 4.78. The molecule has 0 aliphatic heterocycles.